The van der Waals surface area contributed by atoms with Crippen LogP contribution < -0.4 is 5.32 Å². The van der Waals surface area contributed by atoms with Crippen LogP contribution in [0.3, 0.4) is 0 Å². The molecule has 2 rings (SSSR count). The molecule has 1 atom stereocenters. The minimum Gasteiger partial charge on any atom is -0.323 e. The van der Waals surface area contributed by atoms with Crippen LogP contribution >= 0.6 is 11.6 Å². The fourth-order valence-electron chi connectivity index (χ4n) is 2.50. The zero-order chi connectivity index (χ0) is 15.2. The molecule has 1 unspecified atom stereocenters. The smallest absolute Gasteiger partial charge is 0.241 e. The topological polar surface area (TPSA) is 35.6 Å². The molecule has 0 aliphatic carbocycles. The second-order valence-electron chi connectivity index (χ2n) is 5.67. The highest BCUT2D eigenvalue weighted by molar-refractivity contribution is 6.33. The van der Waals surface area contributed by atoms with Crippen LogP contribution in [0.4, 0.5) is 5.69 Å². The van der Waals surface area contributed by atoms with Gasteiger partial charge in [-0.2, -0.15) is 0 Å². The minimum absolute atomic E-state index is 0.0213. The molecule has 1 aliphatic heterocycles. The maximum Gasteiger partial charge on any atom is 0.241 e. The first kappa shape index (κ1) is 16.3. The third kappa shape index (κ3) is 4.70. The summed E-state index contributed by atoms with van der Waals surface area (Å²) in [6.07, 6.45) is 2.60. The van der Waals surface area contributed by atoms with Crippen LogP contribution in [0.25, 0.3) is 0 Å². The molecule has 1 aromatic carbocycles. The number of carbonyl (C=O) groups excluding carboxylic acids is 1. The van der Waals surface area contributed by atoms with E-state index in [0.29, 0.717) is 10.7 Å². The van der Waals surface area contributed by atoms with Gasteiger partial charge in [-0.05, 0) is 52.0 Å². The Morgan fingerprint density at radius 3 is 2.71 bits per heavy atom. The normalized spacial score (nSPS) is 17.1. The van der Waals surface area contributed by atoms with Gasteiger partial charge in [-0.25, -0.2) is 0 Å². The van der Waals surface area contributed by atoms with E-state index >= 15 is 0 Å². The summed E-state index contributed by atoms with van der Waals surface area (Å²) in [5, 5.41) is 3.46. The summed E-state index contributed by atoms with van der Waals surface area (Å²) in [5.41, 5.74) is 0.670. The van der Waals surface area contributed by atoms with E-state index in [4.69, 9.17) is 11.6 Å². The van der Waals surface area contributed by atoms with Crippen molar-refractivity contribution in [2.45, 2.75) is 25.8 Å². The minimum atomic E-state index is -0.177. The zero-order valence-corrected chi connectivity index (χ0v) is 13.6. The van der Waals surface area contributed by atoms with Crippen molar-refractivity contribution in [2.75, 3.05) is 38.5 Å². The first-order valence-electron chi connectivity index (χ1n) is 7.56. The van der Waals surface area contributed by atoms with Gasteiger partial charge < -0.3 is 10.2 Å². The summed E-state index contributed by atoms with van der Waals surface area (Å²) in [5.74, 6) is -0.0213. The molecule has 1 aromatic rings. The number of hydrogen-bond acceptors (Lipinski definition) is 3. The van der Waals surface area contributed by atoms with Crippen molar-refractivity contribution in [3.05, 3.63) is 29.3 Å². The quantitative estimate of drug-likeness (QED) is 0.877. The van der Waals surface area contributed by atoms with Gasteiger partial charge in [-0.3, -0.25) is 9.69 Å². The number of nitrogens with one attached hydrogen (secondary N) is 1. The third-order valence-electron chi connectivity index (χ3n) is 4.14. The predicted molar refractivity (Wildman–Crippen MR) is 87.8 cm³/mol. The number of likely N-dealkylation sites (tertiary alicyclic amines) is 1. The van der Waals surface area contributed by atoms with Crippen LogP contribution in [0.15, 0.2) is 24.3 Å². The molecule has 0 bridgehead atoms. The number of hydrogen-bond donors (Lipinski definition) is 1. The van der Waals surface area contributed by atoms with Gasteiger partial charge in [0.05, 0.1) is 16.8 Å². The zero-order valence-electron chi connectivity index (χ0n) is 12.8. The molecular weight excluding hydrogens is 286 g/mol. The highest BCUT2D eigenvalue weighted by Crippen LogP contribution is 2.20. The summed E-state index contributed by atoms with van der Waals surface area (Å²) in [4.78, 5) is 16.8. The number of anilines is 1. The molecule has 1 heterocycles. The Balaban J connectivity index is 1.82. The Morgan fingerprint density at radius 1 is 1.38 bits per heavy atom. The van der Waals surface area contributed by atoms with E-state index in [2.05, 4.69) is 15.1 Å². The van der Waals surface area contributed by atoms with Crippen LogP contribution in [0.2, 0.25) is 5.02 Å². The molecule has 1 aliphatic rings. The Bertz CT molecular complexity index is 474. The second-order valence-corrected chi connectivity index (χ2v) is 6.08. The molecule has 0 saturated carbocycles. The highest BCUT2D eigenvalue weighted by atomic mass is 35.5. The van der Waals surface area contributed by atoms with Crippen LogP contribution in [0.5, 0.6) is 0 Å². The number of amides is 1. The van der Waals surface area contributed by atoms with Crippen molar-refractivity contribution in [3.63, 3.8) is 0 Å². The summed E-state index contributed by atoms with van der Waals surface area (Å²) in [6, 6.07) is 7.13. The van der Waals surface area contributed by atoms with Crippen molar-refractivity contribution < 1.29 is 4.79 Å². The van der Waals surface area contributed by atoms with E-state index < -0.39 is 0 Å². The van der Waals surface area contributed by atoms with E-state index in [-0.39, 0.29) is 11.9 Å². The first-order valence-corrected chi connectivity index (χ1v) is 7.93. The van der Waals surface area contributed by atoms with Gasteiger partial charge in [0.25, 0.3) is 0 Å². The second kappa shape index (κ2) is 7.78. The van der Waals surface area contributed by atoms with Gasteiger partial charge in [-0.15, -0.1) is 0 Å². The van der Waals surface area contributed by atoms with Crippen molar-refractivity contribution >= 4 is 23.2 Å². The Morgan fingerprint density at radius 2 is 2.05 bits per heavy atom. The number of carbonyl (C=O) groups is 1. The van der Waals surface area contributed by atoms with E-state index in [1.165, 1.54) is 25.9 Å². The SMILES string of the molecule is CC(C(=O)Nc1ccccc1Cl)N(C)CCN1CCCC1. The van der Waals surface area contributed by atoms with Crippen LogP contribution in [0.1, 0.15) is 19.8 Å². The molecule has 21 heavy (non-hydrogen) atoms. The number of likely N-dealkylation sites (N-methyl/N-ethyl adjacent to an activating group) is 1. The van der Waals surface area contributed by atoms with Crippen LogP contribution in [-0.2, 0) is 4.79 Å². The molecule has 1 saturated heterocycles. The lowest BCUT2D eigenvalue weighted by molar-refractivity contribution is -0.120. The average molecular weight is 310 g/mol. The van der Waals surface area contributed by atoms with Crippen LogP contribution in [0, 0.1) is 0 Å². The molecule has 0 aromatic heterocycles. The molecule has 1 fully saturated rings. The first-order chi connectivity index (χ1) is 10.1. The van der Waals surface area contributed by atoms with Gasteiger partial charge in [0.1, 0.15) is 0 Å². The molecule has 5 heteroatoms. The van der Waals surface area contributed by atoms with Crippen molar-refractivity contribution in [3.8, 4) is 0 Å². The third-order valence-corrected chi connectivity index (χ3v) is 4.47. The maximum atomic E-state index is 12.3. The summed E-state index contributed by atoms with van der Waals surface area (Å²) in [6.45, 7) is 6.23. The van der Waals surface area contributed by atoms with Gasteiger partial charge in [0.15, 0.2) is 0 Å². The predicted octanol–water partition coefficient (Wildman–Crippen LogP) is 2.69. The van der Waals surface area contributed by atoms with Gasteiger partial charge in [-0.1, -0.05) is 23.7 Å². The van der Waals surface area contributed by atoms with Gasteiger partial charge in [0.2, 0.25) is 5.91 Å². The van der Waals surface area contributed by atoms with Crippen molar-refractivity contribution in [2.24, 2.45) is 0 Å². The summed E-state index contributed by atoms with van der Waals surface area (Å²) >= 11 is 6.06. The van der Waals surface area contributed by atoms with E-state index in [0.717, 1.165) is 13.1 Å². The van der Waals surface area contributed by atoms with E-state index in [1.54, 1.807) is 6.07 Å². The molecule has 0 spiro atoms. The summed E-state index contributed by atoms with van der Waals surface area (Å²) in [7, 11) is 1.99. The molecule has 116 valence electrons. The van der Waals surface area contributed by atoms with Crippen molar-refractivity contribution in [1.29, 1.82) is 0 Å². The average Bonchev–Trinajstić information content (AvgIpc) is 2.99. The van der Waals surface area contributed by atoms with E-state index in [1.807, 2.05) is 32.2 Å². The van der Waals surface area contributed by atoms with Crippen molar-refractivity contribution in [1.82, 2.24) is 9.80 Å². The molecular formula is C16H24ClN3O. The lowest BCUT2D eigenvalue weighted by Crippen LogP contribution is -2.43. The number of benzene rings is 1. The Labute approximate surface area is 132 Å². The molecule has 4 nitrogen and oxygen atoms in total. The maximum absolute atomic E-state index is 12.3. The number of rotatable bonds is 6. The number of nitrogens with zero attached hydrogens (tertiary/aromatic N) is 2. The monoisotopic (exact) mass is 309 g/mol. The lowest BCUT2D eigenvalue weighted by atomic mass is 10.2. The number of halogens is 1. The number of para-hydroxylation sites is 1. The fraction of sp³-hybridized carbons (Fsp3) is 0.562. The molecule has 0 radical (unpaired) electrons. The highest BCUT2D eigenvalue weighted by Gasteiger charge is 2.20. The largest absolute Gasteiger partial charge is 0.323 e. The lowest BCUT2D eigenvalue weighted by Gasteiger charge is -2.26. The molecule has 1 amide bonds. The van der Waals surface area contributed by atoms with E-state index in [9.17, 15) is 4.79 Å². The van der Waals surface area contributed by atoms with Gasteiger partial charge >= 0.3 is 0 Å². The molecule has 1 N–H and O–H groups in total. The summed E-state index contributed by atoms with van der Waals surface area (Å²) < 4.78 is 0. The van der Waals surface area contributed by atoms with Gasteiger partial charge in [0, 0.05) is 13.1 Å². The van der Waals surface area contributed by atoms with Crippen LogP contribution in [-0.4, -0.2) is 55.0 Å². The Hall–Kier alpha value is -1.10. The Kier molecular flexibility index (Phi) is 6.03. The standard InChI is InChI=1S/C16H24ClN3O/c1-13(19(2)11-12-20-9-5-6-10-20)16(21)18-15-8-4-3-7-14(15)17/h3-4,7-8,13H,5-6,9-12H2,1-2H3,(H,18,21). The fourth-order valence-corrected chi connectivity index (χ4v) is 2.68.